The van der Waals surface area contributed by atoms with Crippen LogP contribution in [0, 0.1) is 5.92 Å². The van der Waals surface area contributed by atoms with E-state index in [-0.39, 0.29) is 17.9 Å². The highest BCUT2D eigenvalue weighted by atomic mass is 16.2. The fourth-order valence-corrected chi connectivity index (χ4v) is 2.29. The van der Waals surface area contributed by atoms with Crippen molar-refractivity contribution in [3.05, 3.63) is 0 Å². The minimum atomic E-state index is -0.340. The molecule has 0 radical (unpaired) electrons. The minimum Gasteiger partial charge on any atom is -0.341 e. The van der Waals surface area contributed by atoms with Gasteiger partial charge in [0.1, 0.15) is 0 Å². The molecule has 0 fully saturated rings. The molecule has 1 atom stereocenters. The monoisotopic (exact) mass is 284 g/mol. The first-order valence-electron chi connectivity index (χ1n) is 8.58. The van der Waals surface area contributed by atoms with Gasteiger partial charge >= 0.3 is 0 Å². The van der Waals surface area contributed by atoms with Gasteiger partial charge in [0, 0.05) is 13.1 Å². The maximum atomic E-state index is 12.4. The lowest BCUT2D eigenvalue weighted by atomic mass is 10.0. The number of amides is 1. The van der Waals surface area contributed by atoms with E-state index < -0.39 is 0 Å². The molecular weight excluding hydrogens is 248 g/mol. The van der Waals surface area contributed by atoms with E-state index in [9.17, 15) is 4.79 Å². The summed E-state index contributed by atoms with van der Waals surface area (Å²) in [4.78, 5) is 14.4. The first-order chi connectivity index (χ1) is 9.54. The van der Waals surface area contributed by atoms with E-state index in [4.69, 9.17) is 5.73 Å². The van der Waals surface area contributed by atoms with E-state index in [0.29, 0.717) is 0 Å². The van der Waals surface area contributed by atoms with Crippen molar-refractivity contribution in [2.24, 2.45) is 11.7 Å². The lowest BCUT2D eigenvalue weighted by Gasteiger charge is -2.27. The number of hydrogen-bond acceptors (Lipinski definition) is 2. The Balaban J connectivity index is 4.25. The Bertz CT molecular complexity index is 229. The first kappa shape index (κ1) is 19.4. The predicted molar refractivity (Wildman–Crippen MR) is 87.7 cm³/mol. The Hall–Kier alpha value is -0.570. The Kier molecular flexibility index (Phi) is 11.8. The summed E-state index contributed by atoms with van der Waals surface area (Å²) in [7, 11) is 0. The molecular formula is C17H36N2O. The van der Waals surface area contributed by atoms with Gasteiger partial charge in [0.2, 0.25) is 5.91 Å². The zero-order chi connectivity index (χ0) is 15.4. The van der Waals surface area contributed by atoms with Crippen molar-refractivity contribution in [3.8, 4) is 0 Å². The summed E-state index contributed by atoms with van der Waals surface area (Å²) in [6, 6.07) is -0.340. The van der Waals surface area contributed by atoms with Gasteiger partial charge in [-0.25, -0.2) is 0 Å². The zero-order valence-electron chi connectivity index (χ0n) is 14.2. The highest BCUT2D eigenvalue weighted by molar-refractivity contribution is 5.81. The Morgan fingerprint density at radius 2 is 1.35 bits per heavy atom. The molecule has 0 aliphatic rings. The number of nitrogens with two attached hydrogens (primary N) is 1. The van der Waals surface area contributed by atoms with Gasteiger partial charge in [-0.05, 0) is 18.8 Å². The minimum absolute atomic E-state index is 0.146. The van der Waals surface area contributed by atoms with Crippen molar-refractivity contribution in [1.29, 1.82) is 0 Å². The topological polar surface area (TPSA) is 46.3 Å². The molecule has 0 unspecified atom stereocenters. The lowest BCUT2D eigenvalue weighted by molar-refractivity contribution is -0.133. The van der Waals surface area contributed by atoms with Crippen LogP contribution in [0.4, 0.5) is 0 Å². The second-order valence-corrected chi connectivity index (χ2v) is 6.22. The smallest absolute Gasteiger partial charge is 0.239 e. The standard InChI is InChI=1S/C17H36N2O/c1-5-7-9-11-13-19(14-12-10-8-6-2)17(20)16(18)15(3)4/h15-16H,5-14,18H2,1-4H3/t16-/m0/s1. The van der Waals surface area contributed by atoms with Crippen LogP contribution in [0.5, 0.6) is 0 Å². The van der Waals surface area contributed by atoms with Gasteiger partial charge < -0.3 is 10.6 Å². The van der Waals surface area contributed by atoms with Crippen LogP contribution in [0.2, 0.25) is 0 Å². The summed E-state index contributed by atoms with van der Waals surface area (Å²) < 4.78 is 0. The van der Waals surface area contributed by atoms with Crippen LogP contribution >= 0.6 is 0 Å². The second kappa shape index (κ2) is 12.2. The molecule has 0 aliphatic heterocycles. The van der Waals surface area contributed by atoms with Crippen molar-refractivity contribution in [2.75, 3.05) is 13.1 Å². The molecule has 0 bridgehead atoms. The van der Waals surface area contributed by atoms with Crippen LogP contribution in [0.15, 0.2) is 0 Å². The molecule has 20 heavy (non-hydrogen) atoms. The largest absolute Gasteiger partial charge is 0.341 e. The molecule has 0 spiro atoms. The van der Waals surface area contributed by atoms with Crippen molar-refractivity contribution in [3.63, 3.8) is 0 Å². The Morgan fingerprint density at radius 1 is 0.900 bits per heavy atom. The fraction of sp³-hybridized carbons (Fsp3) is 0.941. The normalized spacial score (nSPS) is 12.7. The fourth-order valence-electron chi connectivity index (χ4n) is 2.29. The maximum absolute atomic E-state index is 12.4. The molecule has 0 saturated heterocycles. The highest BCUT2D eigenvalue weighted by Gasteiger charge is 2.22. The molecule has 0 aromatic rings. The summed E-state index contributed by atoms with van der Waals surface area (Å²) in [5.41, 5.74) is 6.03. The Morgan fingerprint density at radius 3 is 1.70 bits per heavy atom. The third-order valence-corrected chi connectivity index (χ3v) is 3.88. The van der Waals surface area contributed by atoms with Crippen molar-refractivity contribution >= 4 is 5.91 Å². The predicted octanol–water partition coefficient (Wildman–Crippen LogP) is 3.96. The summed E-state index contributed by atoms with van der Waals surface area (Å²) >= 11 is 0. The second-order valence-electron chi connectivity index (χ2n) is 6.22. The molecule has 0 aliphatic carbocycles. The van der Waals surface area contributed by atoms with Crippen LogP contribution in [0.25, 0.3) is 0 Å². The van der Waals surface area contributed by atoms with E-state index in [1.165, 1.54) is 38.5 Å². The number of carbonyl (C=O) groups excluding carboxylic acids is 1. The summed E-state index contributed by atoms with van der Waals surface area (Å²) in [5, 5.41) is 0. The van der Waals surface area contributed by atoms with Crippen LogP contribution < -0.4 is 5.73 Å². The SMILES string of the molecule is CCCCCCN(CCCCCC)C(=O)[C@@H](N)C(C)C. The van der Waals surface area contributed by atoms with Gasteiger partial charge in [-0.15, -0.1) is 0 Å². The van der Waals surface area contributed by atoms with Crippen molar-refractivity contribution in [2.45, 2.75) is 85.1 Å². The quantitative estimate of drug-likeness (QED) is 0.551. The number of nitrogens with zero attached hydrogens (tertiary/aromatic N) is 1. The van der Waals surface area contributed by atoms with Crippen LogP contribution in [0.1, 0.15) is 79.1 Å². The summed E-state index contributed by atoms with van der Waals surface area (Å²) in [6.45, 7) is 10.2. The molecule has 3 heteroatoms. The van der Waals surface area contributed by atoms with E-state index in [2.05, 4.69) is 13.8 Å². The van der Waals surface area contributed by atoms with E-state index in [1.807, 2.05) is 18.7 Å². The third kappa shape index (κ3) is 8.57. The maximum Gasteiger partial charge on any atom is 0.239 e. The first-order valence-corrected chi connectivity index (χ1v) is 8.58. The molecule has 3 nitrogen and oxygen atoms in total. The van der Waals surface area contributed by atoms with Crippen molar-refractivity contribution in [1.82, 2.24) is 4.90 Å². The molecule has 0 saturated carbocycles. The van der Waals surface area contributed by atoms with E-state index in [0.717, 1.165) is 25.9 Å². The molecule has 0 aromatic heterocycles. The average molecular weight is 284 g/mol. The highest BCUT2D eigenvalue weighted by Crippen LogP contribution is 2.09. The van der Waals surface area contributed by atoms with Crippen LogP contribution in [-0.4, -0.2) is 29.9 Å². The number of unbranched alkanes of at least 4 members (excludes halogenated alkanes) is 6. The molecule has 0 aromatic carbocycles. The van der Waals surface area contributed by atoms with E-state index >= 15 is 0 Å². The average Bonchev–Trinajstić information content (AvgIpc) is 2.44. The number of carbonyl (C=O) groups is 1. The third-order valence-electron chi connectivity index (χ3n) is 3.88. The molecule has 120 valence electrons. The van der Waals surface area contributed by atoms with Gasteiger partial charge in [0.15, 0.2) is 0 Å². The summed E-state index contributed by atoms with van der Waals surface area (Å²) in [6.07, 6.45) is 9.63. The van der Waals surface area contributed by atoms with Crippen molar-refractivity contribution < 1.29 is 4.79 Å². The number of rotatable bonds is 12. The van der Waals surface area contributed by atoms with Gasteiger partial charge in [0.25, 0.3) is 0 Å². The summed E-state index contributed by atoms with van der Waals surface area (Å²) in [5.74, 6) is 0.365. The molecule has 0 rings (SSSR count). The van der Waals surface area contributed by atoms with Gasteiger partial charge in [-0.1, -0.05) is 66.2 Å². The van der Waals surface area contributed by atoms with Gasteiger partial charge in [-0.2, -0.15) is 0 Å². The van der Waals surface area contributed by atoms with Gasteiger partial charge in [0.05, 0.1) is 6.04 Å². The van der Waals surface area contributed by atoms with Gasteiger partial charge in [-0.3, -0.25) is 4.79 Å². The molecule has 0 heterocycles. The zero-order valence-corrected chi connectivity index (χ0v) is 14.2. The van der Waals surface area contributed by atoms with E-state index in [1.54, 1.807) is 0 Å². The molecule has 2 N–H and O–H groups in total. The Labute approximate surface area is 126 Å². The van der Waals surface area contributed by atoms with Crippen LogP contribution in [0.3, 0.4) is 0 Å². The molecule has 1 amide bonds. The number of hydrogen-bond donors (Lipinski definition) is 1. The lowest BCUT2D eigenvalue weighted by Crippen LogP contribution is -2.47. The van der Waals surface area contributed by atoms with Crippen LogP contribution in [-0.2, 0) is 4.79 Å².